The van der Waals surface area contributed by atoms with Crippen LogP contribution in [0.4, 0.5) is 22.0 Å². The van der Waals surface area contributed by atoms with E-state index in [1.54, 1.807) is 0 Å². The fourth-order valence-electron chi connectivity index (χ4n) is 3.06. The monoisotopic (exact) mass is 410 g/mol. The van der Waals surface area contributed by atoms with Crippen molar-refractivity contribution < 1.29 is 26.7 Å². The summed E-state index contributed by atoms with van der Waals surface area (Å²) in [5.74, 6) is -11.3. The van der Waals surface area contributed by atoms with Crippen molar-refractivity contribution in [2.24, 2.45) is 11.0 Å². The van der Waals surface area contributed by atoms with Crippen LogP contribution in [0.5, 0.6) is 0 Å². The van der Waals surface area contributed by atoms with Crippen LogP contribution in [0.3, 0.4) is 0 Å². The van der Waals surface area contributed by atoms with Gasteiger partial charge in [-0.3, -0.25) is 4.79 Å². The molecule has 0 bridgehead atoms. The van der Waals surface area contributed by atoms with E-state index >= 15 is 0 Å². The molecule has 0 saturated heterocycles. The lowest BCUT2D eigenvalue weighted by molar-refractivity contribution is -0.122. The summed E-state index contributed by atoms with van der Waals surface area (Å²) in [4.78, 5) is 12.1. The highest BCUT2D eigenvalue weighted by Crippen LogP contribution is 2.47. The molecule has 0 aliphatic heterocycles. The smallest absolute Gasteiger partial charge is 0.243 e. The van der Waals surface area contributed by atoms with E-state index in [1.165, 1.54) is 0 Å². The molecule has 154 valence electrons. The van der Waals surface area contributed by atoms with Gasteiger partial charge < -0.3 is 0 Å². The Bertz CT molecular complexity index is 951. The van der Waals surface area contributed by atoms with E-state index in [4.69, 9.17) is 0 Å². The molecule has 2 aromatic carbocycles. The molecule has 1 N–H and O–H groups in total. The maximum absolute atomic E-state index is 13.6. The summed E-state index contributed by atoms with van der Waals surface area (Å²) in [5.41, 5.74) is 3.04. The molecule has 0 unspecified atom stereocenters. The first-order valence-corrected chi connectivity index (χ1v) is 8.97. The van der Waals surface area contributed by atoms with Gasteiger partial charge in [0, 0.05) is 5.92 Å². The minimum atomic E-state index is -2.25. The van der Waals surface area contributed by atoms with Crippen LogP contribution in [-0.4, -0.2) is 12.1 Å². The van der Waals surface area contributed by atoms with Crippen LogP contribution in [0.1, 0.15) is 49.8 Å². The molecular weight excluding hydrogens is 391 g/mol. The molecule has 1 aliphatic rings. The summed E-state index contributed by atoms with van der Waals surface area (Å²) in [5, 5.41) is 3.35. The summed E-state index contributed by atoms with van der Waals surface area (Å²) in [6.07, 6.45) is 0.989. The van der Waals surface area contributed by atoms with Crippen molar-refractivity contribution in [3.8, 4) is 0 Å². The predicted octanol–water partition coefficient (Wildman–Crippen LogP) is 4.93. The van der Waals surface area contributed by atoms with Crippen molar-refractivity contribution in [3.05, 3.63) is 70.0 Å². The zero-order chi connectivity index (χ0) is 21.5. The van der Waals surface area contributed by atoms with Crippen LogP contribution in [0.25, 0.3) is 0 Å². The summed E-state index contributed by atoms with van der Waals surface area (Å²) in [6.45, 7) is 6.29. The predicted molar refractivity (Wildman–Crippen MR) is 98.0 cm³/mol. The van der Waals surface area contributed by atoms with Crippen LogP contribution in [0.2, 0.25) is 0 Å². The highest BCUT2D eigenvalue weighted by molar-refractivity contribution is 5.85. The lowest BCUT2D eigenvalue weighted by atomic mass is 9.86. The summed E-state index contributed by atoms with van der Waals surface area (Å²) in [6, 6.07) is 7.92. The maximum atomic E-state index is 13.6. The van der Waals surface area contributed by atoms with Gasteiger partial charge in [0.05, 0.1) is 11.8 Å². The summed E-state index contributed by atoms with van der Waals surface area (Å²) >= 11 is 0. The van der Waals surface area contributed by atoms with Crippen LogP contribution in [-0.2, 0) is 10.2 Å². The maximum Gasteiger partial charge on any atom is 0.243 e. The third-order valence-electron chi connectivity index (χ3n) is 4.94. The zero-order valence-corrected chi connectivity index (χ0v) is 16.0. The van der Waals surface area contributed by atoms with Gasteiger partial charge in [-0.15, -0.1) is 0 Å². The number of rotatable bonds is 4. The molecule has 3 rings (SSSR count). The van der Waals surface area contributed by atoms with Gasteiger partial charge in [0.25, 0.3) is 0 Å². The van der Waals surface area contributed by atoms with Crippen LogP contribution >= 0.6 is 0 Å². The zero-order valence-electron chi connectivity index (χ0n) is 16.0. The van der Waals surface area contributed by atoms with Crippen molar-refractivity contribution in [2.75, 3.05) is 0 Å². The Kier molecular flexibility index (Phi) is 5.47. The molecule has 8 heteroatoms. The Balaban J connectivity index is 1.65. The number of hydrazone groups is 1. The number of hydrogen-bond donors (Lipinski definition) is 1. The molecule has 2 aromatic rings. The van der Waals surface area contributed by atoms with Crippen LogP contribution in [0, 0.1) is 35.0 Å². The first-order valence-electron chi connectivity index (χ1n) is 8.97. The topological polar surface area (TPSA) is 41.5 Å². The van der Waals surface area contributed by atoms with Gasteiger partial charge in [0.15, 0.2) is 23.3 Å². The van der Waals surface area contributed by atoms with Gasteiger partial charge >= 0.3 is 0 Å². The largest absolute Gasteiger partial charge is 0.273 e. The number of halogens is 5. The summed E-state index contributed by atoms with van der Waals surface area (Å²) in [7, 11) is 0. The molecule has 3 nitrogen and oxygen atoms in total. The van der Waals surface area contributed by atoms with Crippen LogP contribution in [0.15, 0.2) is 29.4 Å². The average Bonchev–Trinajstić information content (AvgIpc) is 3.48. The number of nitrogens with one attached hydrogen (secondary N) is 1. The van der Waals surface area contributed by atoms with Gasteiger partial charge in [-0.05, 0) is 28.9 Å². The fraction of sp³-hybridized carbons (Fsp3) is 0.333. The molecule has 2 atom stereocenters. The Hall–Kier alpha value is -2.77. The van der Waals surface area contributed by atoms with E-state index in [1.807, 2.05) is 24.3 Å². The molecule has 0 radical (unpaired) electrons. The third kappa shape index (κ3) is 4.16. The third-order valence-corrected chi connectivity index (χ3v) is 4.94. The molecular formula is C21H19F5N2O. The van der Waals surface area contributed by atoms with Crippen molar-refractivity contribution in [3.63, 3.8) is 0 Å². The van der Waals surface area contributed by atoms with Crippen molar-refractivity contribution in [1.29, 1.82) is 0 Å². The highest BCUT2D eigenvalue weighted by atomic mass is 19.2. The number of carbonyl (C=O) groups is 1. The first-order chi connectivity index (χ1) is 13.5. The van der Waals surface area contributed by atoms with E-state index < -0.39 is 40.6 Å². The molecule has 0 heterocycles. The first kappa shape index (κ1) is 21.0. The van der Waals surface area contributed by atoms with E-state index in [-0.39, 0.29) is 17.3 Å². The van der Waals surface area contributed by atoms with Crippen molar-refractivity contribution in [1.82, 2.24) is 5.43 Å². The van der Waals surface area contributed by atoms with E-state index in [9.17, 15) is 26.7 Å². The normalized spacial score (nSPS) is 18.9. The van der Waals surface area contributed by atoms with E-state index in [2.05, 4.69) is 31.3 Å². The van der Waals surface area contributed by atoms with Gasteiger partial charge in [-0.25, -0.2) is 27.4 Å². The quantitative estimate of drug-likeness (QED) is 0.251. The van der Waals surface area contributed by atoms with Gasteiger partial charge in [-0.2, -0.15) is 5.10 Å². The van der Waals surface area contributed by atoms with Gasteiger partial charge in [0.2, 0.25) is 11.7 Å². The molecule has 1 saturated carbocycles. The molecule has 0 aromatic heterocycles. The molecule has 0 spiro atoms. The number of carbonyl (C=O) groups excluding carboxylic acids is 1. The standard InChI is InChI=1S/C21H19F5N2O/c1-21(2,3)11-6-4-10(5-7-11)12-8-13(12)20(29)28-27-9-14-15(22)17(24)19(26)18(25)16(14)23/h4-7,9,12-13H,8H2,1-3H3,(H,28,29)/t12-,13-/m0/s1. The second-order valence-electron chi connectivity index (χ2n) is 8.04. The second-order valence-corrected chi connectivity index (χ2v) is 8.04. The van der Waals surface area contributed by atoms with Gasteiger partial charge in [0.1, 0.15) is 0 Å². The average molecular weight is 410 g/mol. The lowest BCUT2D eigenvalue weighted by Crippen LogP contribution is -2.20. The van der Waals surface area contributed by atoms with E-state index in [0.717, 1.165) is 11.1 Å². The number of benzene rings is 2. The SMILES string of the molecule is CC(C)(C)c1ccc([C@@H]2C[C@@H]2C(=O)NN=Cc2c(F)c(F)c(F)c(F)c2F)cc1. The number of nitrogens with zero attached hydrogens (tertiary/aromatic N) is 1. The molecule has 1 fully saturated rings. The minimum Gasteiger partial charge on any atom is -0.273 e. The van der Waals surface area contributed by atoms with Gasteiger partial charge in [-0.1, -0.05) is 45.0 Å². The van der Waals surface area contributed by atoms with Crippen molar-refractivity contribution >= 4 is 12.1 Å². The van der Waals surface area contributed by atoms with E-state index in [0.29, 0.717) is 12.6 Å². The fourth-order valence-corrected chi connectivity index (χ4v) is 3.06. The molecule has 1 aliphatic carbocycles. The van der Waals surface area contributed by atoms with Crippen molar-refractivity contribution in [2.45, 2.75) is 38.5 Å². The Morgan fingerprint density at radius 2 is 1.48 bits per heavy atom. The number of hydrogen-bond acceptors (Lipinski definition) is 2. The Labute approximate surface area is 164 Å². The van der Waals surface area contributed by atoms with Crippen LogP contribution < -0.4 is 5.43 Å². The molecule has 29 heavy (non-hydrogen) atoms. The lowest BCUT2D eigenvalue weighted by Gasteiger charge is -2.19. The Morgan fingerprint density at radius 1 is 0.966 bits per heavy atom. The number of amides is 1. The molecule has 1 amide bonds. The highest BCUT2D eigenvalue weighted by Gasteiger charge is 2.44. The second kappa shape index (κ2) is 7.57. The minimum absolute atomic E-state index is 0.00611. The summed E-state index contributed by atoms with van der Waals surface area (Å²) < 4.78 is 66.5. The Morgan fingerprint density at radius 3 is 2.00 bits per heavy atom.